The van der Waals surface area contributed by atoms with Crippen LogP contribution in [0.3, 0.4) is 0 Å². The molecule has 6 heteroatoms. The van der Waals surface area contributed by atoms with Crippen LogP contribution in [0.2, 0.25) is 0 Å². The monoisotopic (exact) mass is 363 g/mol. The summed E-state index contributed by atoms with van der Waals surface area (Å²) in [7, 11) is 1.05. The Morgan fingerprint density at radius 1 is 0.920 bits per heavy atom. The highest BCUT2D eigenvalue weighted by molar-refractivity contribution is 7.54. The van der Waals surface area contributed by atoms with Crippen molar-refractivity contribution in [2.45, 2.75) is 25.2 Å². The third-order valence-corrected chi connectivity index (χ3v) is 6.32. The van der Waals surface area contributed by atoms with Gasteiger partial charge < -0.3 is 13.8 Å². The standard InChI is InChI=1S/C19H26NO4P/c1-5-18(15-9-7-6-8-10-15)20-19(25(21,23-3)24-4)16-11-13-17(22-2)14-12-16/h6-14,18-20H,5H2,1-4H3/t18-,19+/m0/s1. The van der Waals surface area contributed by atoms with E-state index in [-0.39, 0.29) is 6.04 Å². The molecule has 0 heterocycles. The highest BCUT2D eigenvalue weighted by Crippen LogP contribution is 2.59. The van der Waals surface area contributed by atoms with Gasteiger partial charge >= 0.3 is 7.60 Å². The van der Waals surface area contributed by atoms with Crippen molar-refractivity contribution >= 4 is 7.60 Å². The van der Waals surface area contributed by atoms with E-state index >= 15 is 0 Å². The van der Waals surface area contributed by atoms with Gasteiger partial charge in [0.15, 0.2) is 0 Å². The number of benzene rings is 2. The highest BCUT2D eigenvalue weighted by Gasteiger charge is 2.36. The van der Waals surface area contributed by atoms with Crippen molar-refractivity contribution in [3.63, 3.8) is 0 Å². The molecule has 0 saturated carbocycles. The lowest BCUT2D eigenvalue weighted by atomic mass is 10.0. The van der Waals surface area contributed by atoms with Crippen molar-refractivity contribution in [2.24, 2.45) is 0 Å². The molecule has 0 spiro atoms. The van der Waals surface area contributed by atoms with E-state index in [4.69, 9.17) is 13.8 Å². The van der Waals surface area contributed by atoms with Gasteiger partial charge in [0, 0.05) is 20.3 Å². The Bertz CT molecular complexity index is 682. The maximum Gasteiger partial charge on any atom is 0.351 e. The second kappa shape index (κ2) is 9.16. The Morgan fingerprint density at radius 3 is 2.00 bits per heavy atom. The van der Waals surface area contributed by atoms with Crippen LogP contribution in [0.4, 0.5) is 0 Å². The van der Waals surface area contributed by atoms with Gasteiger partial charge in [-0.25, -0.2) is 0 Å². The van der Waals surface area contributed by atoms with Crippen LogP contribution >= 0.6 is 7.60 Å². The topological polar surface area (TPSA) is 56.8 Å². The summed E-state index contributed by atoms with van der Waals surface area (Å²) in [4.78, 5) is 0. The fraction of sp³-hybridized carbons (Fsp3) is 0.368. The summed E-state index contributed by atoms with van der Waals surface area (Å²) in [6, 6.07) is 17.5. The van der Waals surface area contributed by atoms with Crippen molar-refractivity contribution in [1.82, 2.24) is 5.32 Å². The van der Waals surface area contributed by atoms with E-state index in [9.17, 15) is 4.57 Å². The Balaban J connectivity index is 2.38. The fourth-order valence-electron chi connectivity index (χ4n) is 2.77. The highest BCUT2D eigenvalue weighted by atomic mass is 31.2. The quantitative estimate of drug-likeness (QED) is 0.641. The lowest BCUT2D eigenvalue weighted by molar-refractivity contribution is 0.255. The predicted molar refractivity (Wildman–Crippen MR) is 100.0 cm³/mol. The lowest BCUT2D eigenvalue weighted by Gasteiger charge is -2.30. The van der Waals surface area contributed by atoms with Crippen LogP contribution in [0.5, 0.6) is 5.75 Å². The first-order valence-corrected chi connectivity index (χ1v) is 9.85. The van der Waals surface area contributed by atoms with E-state index in [1.54, 1.807) is 7.11 Å². The molecular formula is C19H26NO4P. The van der Waals surface area contributed by atoms with Crippen molar-refractivity contribution in [3.05, 3.63) is 65.7 Å². The molecular weight excluding hydrogens is 337 g/mol. The Labute approximate surface area is 149 Å². The van der Waals surface area contributed by atoms with Gasteiger partial charge in [0.25, 0.3) is 0 Å². The summed E-state index contributed by atoms with van der Waals surface area (Å²) < 4.78 is 28.9. The largest absolute Gasteiger partial charge is 0.497 e. The Hall–Kier alpha value is -1.65. The maximum atomic E-state index is 13.2. The minimum atomic E-state index is -3.38. The van der Waals surface area contributed by atoms with E-state index in [1.165, 1.54) is 14.2 Å². The van der Waals surface area contributed by atoms with Crippen LogP contribution in [-0.2, 0) is 13.6 Å². The summed E-state index contributed by atoms with van der Waals surface area (Å²) in [6.45, 7) is 2.08. The molecule has 5 nitrogen and oxygen atoms in total. The molecule has 0 bridgehead atoms. The van der Waals surface area contributed by atoms with Crippen LogP contribution in [0.15, 0.2) is 54.6 Å². The molecule has 2 aromatic rings. The molecule has 0 aliphatic carbocycles. The molecule has 0 unspecified atom stereocenters. The second-order valence-corrected chi connectivity index (χ2v) is 7.95. The van der Waals surface area contributed by atoms with Crippen molar-refractivity contribution < 1.29 is 18.3 Å². The molecule has 0 fully saturated rings. The van der Waals surface area contributed by atoms with Gasteiger partial charge in [-0.1, -0.05) is 49.4 Å². The van der Waals surface area contributed by atoms with E-state index in [2.05, 4.69) is 24.4 Å². The normalized spacial score (nSPS) is 14.1. The second-order valence-electron chi connectivity index (χ2n) is 5.62. The van der Waals surface area contributed by atoms with Crippen molar-refractivity contribution in [2.75, 3.05) is 21.3 Å². The smallest absolute Gasteiger partial charge is 0.351 e. The summed E-state index contributed by atoms with van der Waals surface area (Å²) in [5.74, 6) is 0.154. The molecule has 0 aliphatic rings. The number of ether oxygens (including phenoxy) is 1. The molecule has 0 aliphatic heterocycles. The first-order chi connectivity index (χ1) is 12.1. The maximum absolute atomic E-state index is 13.2. The Morgan fingerprint density at radius 2 is 1.52 bits per heavy atom. The van der Waals surface area contributed by atoms with Gasteiger partial charge in [-0.05, 0) is 29.7 Å². The molecule has 25 heavy (non-hydrogen) atoms. The van der Waals surface area contributed by atoms with Crippen LogP contribution in [0.25, 0.3) is 0 Å². The number of nitrogens with one attached hydrogen (secondary N) is 1. The Kier molecular flexibility index (Phi) is 7.21. The summed E-state index contributed by atoms with van der Waals surface area (Å²) >= 11 is 0. The van der Waals surface area contributed by atoms with Gasteiger partial charge in [0.2, 0.25) is 0 Å². The van der Waals surface area contributed by atoms with Crippen molar-refractivity contribution in [1.29, 1.82) is 0 Å². The number of hydrogen-bond acceptors (Lipinski definition) is 5. The van der Waals surface area contributed by atoms with Crippen molar-refractivity contribution in [3.8, 4) is 5.75 Å². The minimum absolute atomic E-state index is 0.0203. The third kappa shape index (κ3) is 4.71. The molecule has 0 amide bonds. The van der Waals surface area contributed by atoms with Gasteiger partial charge in [-0.15, -0.1) is 0 Å². The molecule has 0 radical (unpaired) electrons. The van der Waals surface area contributed by atoms with Gasteiger partial charge in [0.05, 0.1) is 7.11 Å². The average Bonchev–Trinajstić information content (AvgIpc) is 2.69. The molecule has 2 atom stereocenters. The van der Waals surface area contributed by atoms with E-state index in [0.717, 1.165) is 23.3 Å². The zero-order chi connectivity index (χ0) is 18.3. The number of hydrogen-bond donors (Lipinski definition) is 1. The van der Waals surface area contributed by atoms with E-state index in [1.807, 2.05) is 42.5 Å². The molecule has 0 saturated heterocycles. The molecule has 1 N–H and O–H groups in total. The zero-order valence-electron chi connectivity index (χ0n) is 15.1. The van der Waals surface area contributed by atoms with Crippen LogP contribution in [0.1, 0.15) is 36.3 Å². The number of rotatable bonds is 9. The third-order valence-electron chi connectivity index (χ3n) is 4.23. The lowest BCUT2D eigenvalue weighted by Crippen LogP contribution is -2.27. The first kappa shape index (κ1) is 19.7. The van der Waals surface area contributed by atoms with Crippen LogP contribution in [-0.4, -0.2) is 21.3 Å². The van der Waals surface area contributed by atoms with Crippen LogP contribution < -0.4 is 10.1 Å². The average molecular weight is 363 g/mol. The van der Waals surface area contributed by atoms with Gasteiger partial charge in [0.1, 0.15) is 11.5 Å². The summed E-state index contributed by atoms with van der Waals surface area (Å²) in [5.41, 5.74) is 1.95. The zero-order valence-corrected chi connectivity index (χ0v) is 16.0. The first-order valence-electron chi connectivity index (χ1n) is 8.24. The number of methoxy groups -OCH3 is 1. The molecule has 0 aromatic heterocycles. The minimum Gasteiger partial charge on any atom is -0.497 e. The van der Waals surface area contributed by atoms with Gasteiger partial charge in [-0.2, -0.15) is 0 Å². The van der Waals surface area contributed by atoms with E-state index in [0.29, 0.717) is 0 Å². The predicted octanol–water partition coefficient (Wildman–Crippen LogP) is 4.92. The summed E-state index contributed by atoms with van der Waals surface area (Å²) in [6.07, 6.45) is 0.837. The van der Waals surface area contributed by atoms with Gasteiger partial charge in [-0.3, -0.25) is 9.88 Å². The molecule has 2 aromatic carbocycles. The fourth-order valence-corrected chi connectivity index (χ4v) is 4.24. The molecule has 2 rings (SSSR count). The summed E-state index contributed by atoms with van der Waals surface area (Å²) in [5, 5.41) is 3.46. The van der Waals surface area contributed by atoms with Crippen LogP contribution in [0, 0.1) is 0 Å². The SMILES string of the molecule is CC[C@H](N[C@@H](c1ccc(OC)cc1)P(=O)(OC)OC)c1ccccc1. The van der Waals surface area contributed by atoms with E-state index < -0.39 is 13.4 Å². The molecule has 136 valence electrons.